The molecule has 2 aromatic rings. The number of fused-ring (bicyclic) bond motifs is 2. The molecule has 138 valence electrons. The standard InChI is InChI=1S/C23H29NOS/c1-24(2)15-17-9-3-5-11-19(17)23(25)20-12-6-4-10-18(20)16-26-22-14-8-7-13-21(22)23/h4,6-8,10,12-14,17,19,25H,3,5,9,11,15-16H2,1-2H3/t17-,19+,23+/m1/s1. The Bertz CT molecular complexity index is 725. The van der Waals surface area contributed by atoms with Gasteiger partial charge in [0.2, 0.25) is 0 Å². The normalized spacial score (nSPS) is 28.3. The quantitative estimate of drug-likeness (QED) is 0.835. The second-order valence-electron chi connectivity index (χ2n) is 8.12. The molecule has 2 aliphatic rings. The summed E-state index contributed by atoms with van der Waals surface area (Å²) < 4.78 is 0. The minimum Gasteiger partial charge on any atom is -0.380 e. The second kappa shape index (κ2) is 7.38. The highest BCUT2D eigenvalue weighted by Crippen LogP contribution is 2.52. The molecule has 0 spiro atoms. The van der Waals surface area contributed by atoms with Crippen molar-refractivity contribution in [2.24, 2.45) is 11.8 Å². The topological polar surface area (TPSA) is 23.5 Å². The summed E-state index contributed by atoms with van der Waals surface area (Å²) in [6, 6.07) is 17.1. The van der Waals surface area contributed by atoms with E-state index in [-0.39, 0.29) is 5.92 Å². The monoisotopic (exact) mass is 367 g/mol. The number of rotatable bonds is 3. The van der Waals surface area contributed by atoms with Crippen molar-refractivity contribution in [3.8, 4) is 0 Å². The highest BCUT2D eigenvalue weighted by molar-refractivity contribution is 7.98. The van der Waals surface area contributed by atoms with Crippen LogP contribution in [0.1, 0.15) is 42.4 Å². The molecule has 0 aromatic heterocycles. The van der Waals surface area contributed by atoms with E-state index in [4.69, 9.17) is 0 Å². The lowest BCUT2D eigenvalue weighted by atomic mass is 9.64. The highest BCUT2D eigenvalue weighted by atomic mass is 32.2. The molecule has 1 fully saturated rings. The van der Waals surface area contributed by atoms with Gasteiger partial charge in [-0.05, 0) is 50.0 Å². The molecule has 1 N–H and O–H groups in total. The van der Waals surface area contributed by atoms with Crippen LogP contribution < -0.4 is 0 Å². The number of thioether (sulfide) groups is 1. The molecule has 0 radical (unpaired) electrons. The van der Waals surface area contributed by atoms with E-state index in [2.05, 4.69) is 67.5 Å². The zero-order valence-corrected chi connectivity index (χ0v) is 16.6. The third-order valence-electron chi connectivity index (χ3n) is 6.15. The van der Waals surface area contributed by atoms with Gasteiger partial charge in [-0.3, -0.25) is 0 Å². The van der Waals surface area contributed by atoms with Crippen molar-refractivity contribution >= 4 is 11.8 Å². The molecule has 2 aromatic carbocycles. The summed E-state index contributed by atoms with van der Waals surface area (Å²) in [5.74, 6) is 1.72. The Morgan fingerprint density at radius 3 is 2.50 bits per heavy atom. The van der Waals surface area contributed by atoms with E-state index in [0.717, 1.165) is 29.8 Å². The lowest BCUT2D eigenvalue weighted by Crippen LogP contribution is -2.45. The summed E-state index contributed by atoms with van der Waals surface area (Å²) in [6.45, 7) is 1.05. The third kappa shape index (κ3) is 3.11. The van der Waals surface area contributed by atoms with E-state index in [9.17, 15) is 5.11 Å². The van der Waals surface area contributed by atoms with Gasteiger partial charge in [-0.15, -0.1) is 11.8 Å². The van der Waals surface area contributed by atoms with E-state index >= 15 is 0 Å². The Morgan fingerprint density at radius 2 is 1.69 bits per heavy atom. The maximum absolute atomic E-state index is 12.4. The van der Waals surface area contributed by atoms with Crippen LogP contribution in [-0.4, -0.2) is 30.6 Å². The van der Waals surface area contributed by atoms with E-state index in [1.165, 1.54) is 29.7 Å². The fourth-order valence-electron chi connectivity index (χ4n) is 5.07. The highest BCUT2D eigenvalue weighted by Gasteiger charge is 2.47. The molecule has 1 aliphatic heterocycles. The third-order valence-corrected chi connectivity index (χ3v) is 7.28. The van der Waals surface area contributed by atoms with Crippen LogP contribution in [0, 0.1) is 11.8 Å². The number of nitrogens with zero attached hydrogens (tertiary/aromatic N) is 1. The average molecular weight is 368 g/mol. The molecule has 0 saturated heterocycles. The van der Waals surface area contributed by atoms with Crippen LogP contribution >= 0.6 is 11.8 Å². The smallest absolute Gasteiger partial charge is 0.119 e. The van der Waals surface area contributed by atoms with Gasteiger partial charge in [-0.1, -0.05) is 55.3 Å². The molecule has 0 amide bonds. The van der Waals surface area contributed by atoms with E-state index in [1.54, 1.807) is 0 Å². The van der Waals surface area contributed by atoms with Crippen molar-refractivity contribution < 1.29 is 5.11 Å². The van der Waals surface area contributed by atoms with Gasteiger partial charge in [0, 0.05) is 28.7 Å². The second-order valence-corrected chi connectivity index (χ2v) is 9.14. The Labute approximate surface area is 161 Å². The fourth-order valence-corrected chi connectivity index (χ4v) is 6.19. The number of hydrogen-bond donors (Lipinski definition) is 1. The Kier molecular flexibility index (Phi) is 5.13. The van der Waals surface area contributed by atoms with Crippen LogP contribution in [0.2, 0.25) is 0 Å². The molecule has 1 saturated carbocycles. The van der Waals surface area contributed by atoms with Gasteiger partial charge < -0.3 is 10.0 Å². The van der Waals surface area contributed by atoms with Crippen molar-refractivity contribution in [2.45, 2.75) is 41.9 Å². The van der Waals surface area contributed by atoms with E-state index < -0.39 is 5.60 Å². The largest absolute Gasteiger partial charge is 0.380 e. The first-order valence-electron chi connectivity index (χ1n) is 9.78. The molecule has 3 heteroatoms. The molecule has 1 heterocycles. The summed E-state index contributed by atoms with van der Waals surface area (Å²) >= 11 is 1.86. The molecule has 4 rings (SSSR count). The maximum atomic E-state index is 12.4. The van der Waals surface area contributed by atoms with Crippen LogP contribution in [0.15, 0.2) is 53.4 Å². The Balaban J connectivity index is 1.89. The van der Waals surface area contributed by atoms with Crippen molar-refractivity contribution in [2.75, 3.05) is 20.6 Å². The van der Waals surface area contributed by atoms with E-state index in [1.807, 2.05) is 11.8 Å². The number of aliphatic hydroxyl groups is 1. The van der Waals surface area contributed by atoms with Crippen molar-refractivity contribution in [1.82, 2.24) is 4.90 Å². The van der Waals surface area contributed by atoms with Crippen LogP contribution in [0.3, 0.4) is 0 Å². The summed E-state index contributed by atoms with van der Waals surface area (Å²) in [5.41, 5.74) is 2.64. The van der Waals surface area contributed by atoms with Crippen molar-refractivity contribution in [3.63, 3.8) is 0 Å². The van der Waals surface area contributed by atoms with Crippen LogP contribution in [0.5, 0.6) is 0 Å². The Morgan fingerprint density at radius 1 is 1.00 bits per heavy atom. The predicted octanol–water partition coefficient (Wildman–Crippen LogP) is 4.90. The van der Waals surface area contributed by atoms with Crippen molar-refractivity contribution in [3.05, 3.63) is 65.2 Å². The van der Waals surface area contributed by atoms with Gasteiger partial charge in [0.15, 0.2) is 0 Å². The molecule has 26 heavy (non-hydrogen) atoms. The first-order valence-corrected chi connectivity index (χ1v) is 10.8. The maximum Gasteiger partial charge on any atom is 0.119 e. The summed E-state index contributed by atoms with van der Waals surface area (Å²) in [4.78, 5) is 3.52. The minimum atomic E-state index is -0.891. The molecular weight excluding hydrogens is 338 g/mol. The molecule has 0 bridgehead atoms. The van der Waals surface area contributed by atoms with Gasteiger partial charge in [-0.2, -0.15) is 0 Å². The van der Waals surface area contributed by atoms with Gasteiger partial charge in [0.05, 0.1) is 0 Å². The average Bonchev–Trinajstić information content (AvgIpc) is 2.78. The number of hydrogen-bond acceptors (Lipinski definition) is 3. The zero-order valence-electron chi connectivity index (χ0n) is 15.8. The first kappa shape index (κ1) is 18.1. The summed E-state index contributed by atoms with van der Waals surface area (Å²) in [7, 11) is 4.31. The molecule has 1 aliphatic carbocycles. The fraction of sp³-hybridized carbons (Fsp3) is 0.478. The molecule has 2 nitrogen and oxygen atoms in total. The van der Waals surface area contributed by atoms with Gasteiger partial charge in [0.1, 0.15) is 5.60 Å². The lowest BCUT2D eigenvalue weighted by Gasteiger charge is -2.45. The summed E-state index contributed by atoms with van der Waals surface area (Å²) in [6.07, 6.45) is 4.81. The minimum absolute atomic E-state index is 0.264. The van der Waals surface area contributed by atoms with Gasteiger partial charge >= 0.3 is 0 Å². The zero-order chi connectivity index (χ0) is 18.1. The van der Waals surface area contributed by atoms with Gasteiger partial charge in [-0.25, -0.2) is 0 Å². The predicted molar refractivity (Wildman–Crippen MR) is 109 cm³/mol. The van der Waals surface area contributed by atoms with Crippen LogP contribution in [0.4, 0.5) is 0 Å². The lowest BCUT2D eigenvalue weighted by molar-refractivity contribution is -0.0364. The van der Waals surface area contributed by atoms with Crippen molar-refractivity contribution in [1.29, 1.82) is 0 Å². The molecule has 3 atom stereocenters. The van der Waals surface area contributed by atoms with Crippen LogP contribution in [-0.2, 0) is 11.4 Å². The Hall–Kier alpha value is -1.29. The SMILES string of the molecule is CN(C)C[C@H]1CCCC[C@@H]1[C@]1(O)c2ccccc2CSc2ccccc21. The number of benzene rings is 2. The summed E-state index contributed by atoms with van der Waals surface area (Å²) in [5, 5.41) is 12.4. The molecule has 0 unspecified atom stereocenters. The van der Waals surface area contributed by atoms with Crippen LogP contribution in [0.25, 0.3) is 0 Å². The molecular formula is C23H29NOS. The van der Waals surface area contributed by atoms with Gasteiger partial charge in [0.25, 0.3) is 0 Å². The first-order chi connectivity index (χ1) is 12.6. The van der Waals surface area contributed by atoms with E-state index in [0.29, 0.717) is 5.92 Å².